The quantitative estimate of drug-likeness (QED) is 0.797. The fourth-order valence-corrected chi connectivity index (χ4v) is 4.10. The summed E-state index contributed by atoms with van der Waals surface area (Å²) in [6.07, 6.45) is 1.42. The molecule has 7 heteroatoms. The Labute approximate surface area is 171 Å². The highest BCUT2D eigenvalue weighted by Gasteiger charge is 2.32. The highest BCUT2D eigenvalue weighted by Crippen LogP contribution is 2.24. The Hall–Kier alpha value is -2.67. The molecule has 0 radical (unpaired) electrons. The van der Waals surface area contributed by atoms with E-state index in [9.17, 15) is 9.59 Å². The number of morpholine rings is 1. The molecule has 0 unspecified atom stereocenters. The summed E-state index contributed by atoms with van der Waals surface area (Å²) >= 11 is 0. The highest BCUT2D eigenvalue weighted by molar-refractivity contribution is 5.93. The van der Waals surface area contributed by atoms with Gasteiger partial charge in [-0.3, -0.25) is 14.3 Å². The van der Waals surface area contributed by atoms with Gasteiger partial charge < -0.3 is 14.5 Å². The lowest BCUT2D eigenvalue weighted by molar-refractivity contribution is -0.141. The lowest BCUT2D eigenvalue weighted by atomic mass is 9.95. The predicted octanol–water partition coefficient (Wildman–Crippen LogP) is 2.11. The summed E-state index contributed by atoms with van der Waals surface area (Å²) in [4.78, 5) is 29.4. The number of hydrogen-bond acceptors (Lipinski definition) is 4. The number of likely N-dealkylation sites (tertiary alicyclic amines) is 1. The van der Waals surface area contributed by atoms with Crippen molar-refractivity contribution in [2.75, 3.05) is 39.4 Å². The lowest BCUT2D eigenvalue weighted by Gasteiger charge is -2.35. The number of aromatic nitrogens is 2. The fourth-order valence-electron chi connectivity index (χ4n) is 4.10. The minimum absolute atomic E-state index is 0.00371. The van der Waals surface area contributed by atoms with Crippen molar-refractivity contribution in [1.82, 2.24) is 19.6 Å². The van der Waals surface area contributed by atoms with Crippen LogP contribution in [-0.2, 0) is 16.6 Å². The molecule has 2 aromatic rings. The molecule has 154 valence electrons. The molecule has 29 heavy (non-hydrogen) atoms. The van der Waals surface area contributed by atoms with Gasteiger partial charge in [-0.05, 0) is 31.4 Å². The van der Waals surface area contributed by atoms with Gasteiger partial charge in [-0.1, -0.05) is 29.8 Å². The van der Waals surface area contributed by atoms with Gasteiger partial charge in [0.15, 0.2) is 5.69 Å². The van der Waals surface area contributed by atoms with E-state index in [2.05, 4.69) is 24.2 Å². The molecule has 0 bridgehead atoms. The second-order valence-corrected chi connectivity index (χ2v) is 7.91. The minimum Gasteiger partial charge on any atom is -0.378 e. The van der Waals surface area contributed by atoms with Gasteiger partial charge in [0.1, 0.15) is 0 Å². The Morgan fingerprint density at radius 1 is 1.00 bits per heavy atom. The molecule has 7 nitrogen and oxygen atoms in total. The Morgan fingerprint density at radius 2 is 1.66 bits per heavy atom. The molecule has 3 heterocycles. The topological polar surface area (TPSA) is 67.7 Å². The van der Waals surface area contributed by atoms with Crippen molar-refractivity contribution in [2.45, 2.75) is 19.8 Å². The largest absolute Gasteiger partial charge is 0.378 e. The van der Waals surface area contributed by atoms with Gasteiger partial charge in [0.05, 0.1) is 18.9 Å². The maximum Gasteiger partial charge on any atom is 0.274 e. The average molecular weight is 396 g/mol. The number of carbonyl (C=O) groups is 2. The monoisotopic (exact) mass is 396 g/mol. The number of aryl methyl sites for hydroxylation is 2. The smallest absolute Gasteiger partial charge is 0.274 e. The Balaban J connectivity index is 1.39. The Morgan fingerprint density at radius 3 is 2.31 bits per heavy atom. The molecule has 0 aliphatic carbocycles. The van der Waals surface area contributed by atoms with Gasteiger partial charge >= 0.3 is 0 Å². The van der Waals surface area contributed by atoms with E-state index < -0.39 is 0 Å². The molecule has 0 atom stereocenters. The molecular weight excluding hydrogens is 368 g/mol. The summed E-state index contributed by atoms with van der Waals surface area (Å²) in [6, 6.07) is 10.1. The maximum atomic E-state index is 13.0. The van der Waals surface area contributed by atoms with Gasteiger partial charge in [0, 0.05) is 39.1 Å². The van der Waals surface area contributed by atoms with Crippen LogP contribution in [0.25, 0.3) is 11.3 Å². The number of nitrogens with zero attached hydrogens (tertiary/aromatic N) is 4. The molecule has 4 rings (SSSR count). The van der Waals surface area contributed by atoms with E-state index in [4.69, 9.17) is 4.74 Å². The zero-order valence-electron chi connectivity index (χ0n) is 17.1. The first-order valence-corrected chi connectivity index (χ1v) is 10.3. The van der Waals surface area contributed by atoms with E-state index in [-0.39, 0.29) is 17.7 Å². The number of hydrogen-bond donors (Lipinski definition) is 0. The van der Waals surface area contributed by atoms with Gasteiger partial charge in [0.2, 0.25) is 5.91 Å². The minimum atomic E-state index is -0.0590. The maximum absolute atomic E-state index is 13.0. The van der Waals surface area contributed by atoms with E-state index in [0.717, 1.165) is 11.3 Å². The number of piperidine rings is 1. The van der Waals surface area contributed by atoms with Crippen LogP contribution in [0.2, 0.25) is 0 Å². The van der Waals surface area contributed by atoms with Gasteiger partial charge in [-0.2, -0.15) is 5.10 Å². The third-order valence-corrected chi connectivity index (χ3v) is 5.90. The van der Waals surface area contributed by atoms with Crippen LogP contribution in [0.15, 0.2) is 30.3 Å². The van der Waals surface area contributed by atoms with Crippen molar-refractivity contribution in [3.05, 3.63) is 41.6 Å². The van der Waals surface area contributed by atoms with Crippen molar-refractivity contribution in [3.8, 4) is 11.3 Å². The molecule has 2 aliphatic heterocycles. The van der Waals surface area contributed by atoms with Crippen LogP contribution >= 0.6 is 0 Å². The SMILES string of the molecule is Cc1ccc(-c2cc(C(=O)N3CCC(C(=O)N4CCOCC4)CC3)nn2C)cc1. The summed E-state index contributed by atoms with van der Waals surface area (Å²) in [6.45, 7) is 5.82. The summed E-state index contributed by atoms with van der Waals surface area (Å²) in [5, 5.41) is 4.45. The standard InChI is InChI=1S/C22H28N4O3/c1-16-3-5-17(6-4-16)20-15-19(23-24(20)2)22(28)25-9-7-18(8-10-25)21(27)26-11-13-29-14-12-26/h3-6,15,18H,7-14H2,1-2H3. The van der Waals surface area contributed by atoms with Crippen LogP contribution in [0, 0.1) is 12.8 Å². The molecule has 0 spiro atoms. The van der Waals surface area contributed by atoms with E-state index in [1.54, 1.807) is 4.68 Å². The second-order valence-electron chi connectivity index (χ2n) is 7.91. The van der Waals surface area contributed by atoms with E-state index in [0.29, 0.717) is 57.9 Å². The van der Waals surface area contributed by atoms with Crippen molar-refractivity contribution in [3.63, 3.8) is 0 Å². The van der Waals surface area contributed by atoms with Crippen LogP contribution in [0.5, 0.6) is 0 Å². The first-order valence-electron chi connectivity index (χ1n) is 10.3. The lowest BCUT2D eigenvalue weighted by Crippen LogP contribution is -2.47. The zero-order valence-corrected chi connectivity index (χ0v) is 17.1. The van der Waals surface area contributed by atoms with Crippen LogP contribution in [0.3, 0.4) is 0 Å². The number of amides is 2. The summed E-state index contributed by atoms with van der Waals surface area (Å²) < 4.78 is 7.08. The van der Waals surface area contributed by atoms with E-state index in [1.807, 2.05) is 35.0 Å². The molecule has 2 fully saturated rings. The second kappa shape index (κ2) is 8.37. The number of rotatable bonds is 3. The summed E-state index contributed by atoms with van der Waals surface area (Å²) in [7, 11) is 1.86. The van der Waals surface area contributed by atoms with E-state index >= 15 is 0 Å². The predicted molar refractivity (Wildman–Crippen MR) is 109 cm³/mol. The van der Waals surface area contributed by atoms with Gasteiger partial charge in [-0.25, -0.2) is 0 Å². The van der Waals surface area contributed by atoms with Crippen molar-refractivity contribution in [1.29, 1.82) is 0 Å². The number of ether oxygens (including phenoxy) is 1. The van der Waals surface area contributed by atoms with Crippen molar-refractivity contribution < 1.29 is 14.3 Å². The molecule has 1 aromatic carbocycles. The Bertz CT molecular complexity index is 876. The molecule has 0 saturated carbocycles. The molecule has 2 amide bonds. The molecular formula is C22H28N4O3. The fraction of sp³-hybridized carbons (Fsp3) is 0.500. The van der Waals surface area contributed by atoms with Crippen LogP contribution < -0.4 is 0 Å². The number of benzene rings is 1. The Kier molecular flexibility index (Phi) is 5.67. The van der Waals surface area contributed by atoms with Crippen molar-refractivity contribution in [2.24, 2.45) is 13.0 Å². The molecule has 2 aliphatic rings. The first kappa shape index (κ1) is 19.6. The van der Waals surface area contributed by atoms with E-state index in [1.165, 1.54) is 5.56 Å². The third-order valence-electron chi connectivity index (χ3n) is 5.90. The highest BCUT2D eigenvalue weighted by atomic mass is 16.5. The number of carbonyl (C=O) groups excluding carboxylic acids is 2. The zero-order chi connectivity index (χ0) is 20.4. The summed E-state index contributed by atoms with van der Waals surface area (Å²) in [5.74, 6) is 0.153. The van der Waals surface area contributed by atoms with Crippen LogP contribution in [0.1, 0.15) is 28.9 Å². The van der Waals surface area contributed by atoms with Gasteiger partial charge in [0.25, 0.3) is 5.91 Å². The van der Waals surface area contributed by atoms with Crippen LogP contribution in [0.4, 0.5) is 0 Å². The third kappa shape index (κ3) is 4.19. The van der Waals surface area contributed by atoms with Crippen LogP contribution in [-0.4, -0.2) is 70.8 Å². The molecule has 0 N–H and O–H groups in total. The average Bonchev–Trinajstić information content (AvgIpc) is 3.15. The normalized spacial score (nSPS) is 18.1. The van der Waals surface area contributed by atoms with Crippen molar-refractivity contribution >= 4 is 11.8 Å². The summed E-state index contributed by atoms with van der Waals surface area (Å²) in [5.41, 5.74) is 3.62. The van der Waals surface area contributed by atoms with Gasteiger partial charge in [-0.15, -0.1) is 0 Å². The first-order chi connectivity index (χ1) is 14.0. The molecule has 1 aromatic heterocycles. The molecule has 2 saturated heterocycles.